The normalized spacial score (nSPS) is 12.8. The molecule has 1 amide bonds. The van der Waals surface area contributed by atoms with Crippen LogP contribution < -0.4 is 5.32 Å². The number of hydrogen-bond acceptors (Lipinski definition) is 5. The lowest BCUT2D eigenvalue weighted by atomic mass is 10.3. The van der Waals surface area contributed by atoms with Gasteiger partial charge in [-0.15, -0.1) is 0 Å². The van der Waals surface area contributed by atoms with Gasteiger partial charge in [-0.3, -0.25) is 4.79 Å². The van der Waals surface area contributed by atoms with Crippen LogP contribution in [0.3, 0.4) is 0 Å². The molecular formula is C15H19N3O4S. The van der Waals surface area contributed by atoms with Crippen molar-refractivity contribution in [3.05, 3.63) is 42.5 Å². The van der Waals surface area contributed by atoms with Crippen molar-refractivity contribution in [3.63, 3.8) is 0 Å². The average Bonchev–Trinajstić information content (AvgIpc) is 2.83. The standard InChI is InChI=1S/C15H19N3O4S/c1-11-16-7-8-18(11)9-14(20)10-23(21,22)15-5-3-13(4-6-15)17-12(2)19/h3-8,14,20H,9-10H2,1-2H3,(H,17,19). The lowest BCUT2D eigenvalue weighted by molar-refractivity contribution is -0.114. The molecule has 0 radical (unpaired) electrons. The number of aliphatic hydroxyl groups excluding tert-OH is 1. The fourth-order valence-electron chi connectivity index (χ4n) is 2.17. The number of anilines is 1. The zero-order chi connectivity index (χ0) is 17.0. The topological polar surface area (TPSA) is 101 Å². The number of aliphatic hydroxyl groups is 1. The van der Waals surface area contributed by atoms with Crippen LogP contribution in [0.2, 0.25) is 0 Å². The van der Waals surface area contributed by atoms with Crippen LogP contribution in [0.4, 0.5) is 5.69 Å². The molecule has 1 aromatic heterocycles. The van der Waals surface area contributed by atoms with Crippen molar-refractivity contribution >= 4 is 21.4 Å². The highest BCUT2D eigenvalue weighted by atomic mass is 32.2. The number of carbonyl (C=O) groups is 1. The van der Waals surface area contributed by atoms with Gasteiger partial charge < -0.3 is 15.0 Å². The fraction of sp³-hybridized carbons (Fsp3) is 0.333. The molecule has 2 N–H and O–H groups in total. The van der Waals surface area contributed by atoms with Gasteiger partial charge in [0.2, 0.25) is 5.91 Å². The van der Waals surface area contributed by atoms with Gasteiger partial charge >= 0.3 is 0 Å². The highest BCUT2D eigenvalue weighted by Gasteiger charge is 2.20. The van der Waals surface area contributed by atoms with Gasteiger partial charge in [-0.25, -0.2) is 13.4 Å². The number of carbonyl (C=O) groups excluding carboxylic acids is 1. The van der Waals surface area contributed by atoms with Crippen LogP contribution in [-0.4, -0.2) is 40.8 Å². The Labute approximate surface area is 134 Å². The van der Waals surface area contributed by atoms with E-state index in [2.05, 4.69) is 10.3 Å². The number of nitrogens with zero attached hydrogens (tertiary/aromatic N) is 2. The highest BCUT2D eigenvalue weighted by Crippen LogP contribution is 2.16. The molecule has 0 saturated heterocycles. The first-order chi connectivity index (χ1) is 10.8. The molecule has 0 spiro atoms. The Kier molecular flexibility index (Phi) is 5.17. The van der Waals surface area contributed by atoms with E-state index in [0.717, 1.165) is 0 Å². The monoisotopic (exact) mass is 337 g/mol. The maximum absolute atomic E-state index is 12.3. The van der Waals surface area contributed by atoms with Gasteiger partial charge in [0.25, 0.3) is 0 Å². The van der Waals surface area contributed by atoms with Crippen LogP contribution >= 0.6 is 0 Å². The van der Waals surface area contributed by atoms with Crippen molar-refractivity contribution in [1.82, 2.24) is 9.55 Å². The maximum atomic E-state index is 12.3. The van der Waals surface area contributed by atoms with Gasteiger partial charge in [0, 0.05) is 25.0 Å². The third-order valence-corrected chi connectivity index (χ3v) is 5.09. The molecule has 124 valence electrons. The van der Waals surface area contributed by atoms with Gasteiger partial charge in [0.15, 0.2) is 9.84 Å². The van der Waals surface area contributed by atoms with Crippen LogP contribution in [0.25, 0.3) is 0 Å². The van der Waals surface area contributed by atoms with Crippen LogP contribution in [-0.2, 0) is 21.2 Å². The minimum absolute atomic E-state index is 0.105. The Morgan fingerprint density at radius 2 is 2.00 bits per heavy atom. The molecular weight excluding hydrogens is 318 g/mol. The number of hydrogen-bond donors (Lipinski definition) is 2. The molecule has 0 bridgehead atoms. The molecule has 0 aliphatic carbocycles. The molecule has 1 aromatic carbocycles. The number of rotatable bonds is 6. The summed E-state index contributed by atoms with van der Waals surface area (Å²) in [4.78, 5) is 15.1. The molecule has 0 aliphatic rings. The summed E-state index contributed by atoms with van der Waals surface area (Å²) < 4.78 is 26.3. The second-order valence-corrected chi connectivity index (χ2v) is 7.30. The fourth-order valence-corrected chi connectivity index (χ4v) is 3.53. The average molecular weight is 337 g/mol. The van der Waals surface area contributed by atoms with E-state index in [-0.39, 0.29) is 23.1 Å². The summed E-state index contributed by atoms with van der Waals surface area (Å²) >= 11 is 0. The summed E-state index contributed by atoms with van der Waals surface area (Å²) in [5.74, 6) is 0.0947. The molecule has 7 nitrogen and oxygen atoms in total. The maximum Gasteiger partial charge on any atom is 0.221 e. The molecule has 0 fully saturated rings. The number of amides is 1. The van der Waals surface area contributed by atoms with Crippen molar-refractivity contribution in [1.29, 1.82) is 0 Å². The Bertz CT molecular complexity index is 781. The van der Waals surface area contributed by atoms with Crippen molar-refractivity contribution in [2.75, 3.05) is 11.1 Å². The lowest BCUT2D eigenvalue weighted by Gasteiger charge is -2.13. The van der Waals surface area contributed by atoms with Gasteiger partial charge in [-0.2, -0.15) is 0 Å². The molecule has 8 heteroatoms. The molecule has 0 aliphatic heterocycles. The van der Waals surface area contributed by atoms with Crippen LogP contribution in [0.5, 0.6) is 0 Å². The van der Waals surface area contributed by atoms with E-state index < -0.39 is 15.9 Å². The molecule has 1 heterocycles. The van der Waals surface area contributed by atoms with Crippen LogP contribution in [0.1, 0.15) is 12.7 Å². The summed E-state index contributed by atoms with van der Waals surface area (Å²) in [6.45, 7) is 3.32. The zero-order valence-electron chi connectivity index (χ0n) is 12.9. The SMILES string of the molecule is CC(=O)Nc1ccc(S(=O)(=O)CC(O)Cn2ccnc2C)cc1. The smallest absolute Gasteiger partial charge is 0.221 e. The Morgan fingerprint density at radius 1 is 1.35 bits per heavy atom. The molecule has 1 unspecified atom stereocenters. The number of benzene rings is 1. The second-order valence-electron chi connectivity index (χ2n) is 5.27. The van der Waals surface area contributed by atoms with Gasteiger partial charge in [0.05, 0.1) is 23.3 Å². The Hall–Kier alpha value is -2.19. The Balaban J connectivity index is 2.06. The largest absolute Gasteiger partial charge is 0.390 e. The zero-order valence-corrected chi connectivity index (χ0v) is 13.7. The minimum atomic E-state index is -3.62. The first kappa shape index (κ1) is 17.2. The van der Waals surface area contributed by atoms with Crippen molar-refractivity contribution in [3.8, 4) is 0 Å². The van der Waals surface area contributed by atoms with E-state index in [1.54, 1.807) is 23.9 Å². The molecule has 2 aromatic rings. The molecule has 23 heavy (non-hydrogen) atoms. The Morgan fingerprint density at radius 3 is 2.52 bits per heavy atom. The highest BCUT2D eigenvalue weighted by molar-refractivity contribution is 7.91. The first-order valence-corrected chi connectivity index (χ1v) is 8.69. The molecule has 2 rings (SSSR count). The van der Waals surface area contributed by atoms with E-state index in [0.29, 0.717) is 11.5 Å². The van der Waals surface area contributed by atoms with Crippen LogP contribution in [0.15, 0.2) is 41.6 Å². The minimum Gasteiger partial charge on any atom is -0.390 e. The van der Waals surface area contributed by atoms with E-state index in [1.807, 2.05) is 0 Å². The van der Waals surface area contributed by atoms with E-state index in [9.17, 15) is 18.3 Å². The first-order valence-electron chi connectivity index (χ1n) is 7.04. The predicted octanol–water partition coefficient (Wildman–Crippen LogP) is 0.985. The number of sulfone groups is 1. The number of nitrogens with one attached hydrogen (secondary N) is 1. The number of aryl methyl sites for hydroxylation is 1. The summed E-state index contributed by atoms with van der Waals surface area (Å²) in [5, 5.41) is 12.6. The van der Waals surface area contributed by atoms with Crippen molar-refractivity contribution in [2.24, 2.45) is 0 Å². The quantitative estimate of drug-likeness (QED) is 0.818. The summed E-state index contributed by atoms with van der Waals surface area (Å²) in [5.41, 5.74) is 0.519. The van der Waals surface area contributed by atoms with E-state index >= 15 is 0 Å². The predicted molar refractivity (Wildman–Crippen MR) is 85.8 cm³/mol. The lowest BCUT2D eigenvalue weighted by Crippen LogP contribution is -2.26. The van der Waals surface area contributed by atoms with E-state index in [1.165, 1.54) is 31.2 Å². The van der Waals surface area contributed by atoms with Gasteiger partial charge in [-0.1, -0.05) is 0 Å². The van der Waals surface area contributed by atoms with Crippen molar-refractivity contribution < 1.29 is 18.3 Å². The molecule has 1 atom stereocenters. The number of imidazole rings is 1. The van der Waals surface area contributed by atoms with Crippen molar-refractivity contribution in [2.45, 2.75) is 31.4 Å². The van der Waals surface area contributed by atoms with Crippen LogP contribution in [0, 0.1) is 6.92 Å². The second kappa shape index (κ2) is 6.93. The van der Waals surface area contributed by atoms with E-state index in [4.69, 9.17) is 0 Å². The summed E-state index contributed by atoms with van der Waals surface area (Å²) in [7, 11) is -3.62. The molecule has 0 saturated carbocycles. The third kappa shape index (κ3) is 4.64. The summed E-state index contributed by atoms with van der Waals surface area (Å²) in [6.07, 6.45) is 2.24. The number of aromatic nitrogens is 2. The van der Waals surface area contributed by atoms with Gasteiger partial charge in [-0.05, 0) is 31.2 Å². The van der Waals surface area contributed by atoms with Gasteiger partial charge in [0.1, 0.15) is 5.82 Å². The third-order valence-electron chi connectivity index (χ3n) is 3.28. The summed E-state index contributed by atoms with van der Waals surface area (Å²) in [6, 6.07) is 5.85.